The molecule has 1 aromatic heterocycles. The molecule has 0 atom stereocenters. The van der Waals surface area contributed by atoms with Gasteiger partial charge in [0.2, 0.25) is 0 Å². The second-order valence-electron chi connectivity index (χ2n) is 4.69. The average molecular weight is 275 g/mol. The molecule has 1 aromatic rings. The number of rotatable bonds is 3. The van der Waals surface area contributed by atoms with E-state index in [2.05, 4.69) is 10.1 Å². The Morgan fingerprint density at radius 2 is 2.21 bits per heavy atom. The van der Waals surface area contributed by atoms with Crippen LogP contribution in [0.5, 0.6) is 0 Å². The molecule has 1 heterocycles. The molecule has 2 N–H and O–H groups in total. The van der Waals surface area contributed by atoms with Crippen LogP contribution >= 0.6 is 0 Å². The predicted molar refractivity (Wildman–Crippen MR) is 64.3 cm³/mol. The maximum Gasteiger partial charge on any atom is 0.435 e. The number of aryl methyl sites for hydroxylation is 1. The molecule has 0 saturated heterocycles. The van der Waals surface area contributed by atoms with E-state index in [1.807, 2.05) is 0 Å². The molecule has 1 aliphatic carbocycles. The van der Waals surface area contributed by atoms with Gasteiger partial charge < -0.3 is 10.6 Å². The molecule has 2 rings (SSSR count). The van der Waals surface area contributed by atoms with Crippen molar-refractivity contribution in [2.75, 3.05) is 7.05 Å². The SMILES string of the molecule is CN(C(N)=NCc1cn(C)nc1C(F)(F)F)C1CC1. The van der Waals surface area contributed by atoms with Crippen molar-refractivity contribution in [3.8, 4) is 0 Å². The van der Waals surface area contributed by atoms with Crippen molar-refractivity contribution in [2.45, 2.75) is 31.6 Å². The third-order valence-electron chi connectivity index (χ3n) is 3.04. The van der Waals surface area contributed by atoms with Crippen LogP contribution in [-0.4, -0.2) is 33.7 Å². The molecule has 0 bridgehead atoms. The fraction of sp³-hybridized carbons (Fsp3) is 0.636. The highest BCUT2D eigenvalue weighted by molar-refractivity contribution is 5.78. The summed E-state index contributed by atoms with van der Waals surface area (Å²) in [4.78, 5) is 5.81. The summed E-state index contributed by atoms with van der Waals surface area (Å²) < 4.78 is 39.3. The highest BCUT2D eigenvalue weighted by atomic mass is 19.4. The van der Waals surface area contributed by atoms with Gasteiger partial charge in [-0.25, -0.2) is 4.99 Å². The number of nitrogens with zero attached hydrogens (tertiary/aromatic N) is 4. The lowest BCUT2D eigenvalue weighted by Gasteiger charge is -2.16. The minimum absolute atomic E-state index is 0.0298. The third-order valence-corrected chi connectivity index (χ3v) is 3.04. The molecule has 1 fully saturated rings. The Morgan fingerprint density at radius 1 is 1.58 bits per heavy atom. The minimum Gasteiger partial charge on any atom is -0.370 e. The monoisotopic (exact) mass is 275 g/mol. The van der Waals surface area contributed by atoms with Gasteiger partial charge in [-0.15, -0.1) is 0 Å². The zero-order valence-electron chi connectivity index (χ0n) is 10.8. The molecule has 0 amide bonds. The number of aromatic nitrogens is 2. The van der Waals surface area contributed by atoms with Gasteiger partial charge in [0, 0.05) is 31.9 Å². The number of guanidine groups is 1. The van der Waals surface area contributed by atoms with Crippen molar-refractivity contribution >= 4 is 5.96 Å². The van der Waals surface area contributed by atoms with E-state index in [0.717, 1.165) is 17.5 Å². The normalized spacial score (nSPS) is 16.8. The van der Waals surface area contributed by atoms with Crippen molar-refractivity contribution in [3.63, 3.8) is 0 Å². The first-order valence-corrected chi connectivity index (χ1v) is 5.91. The Kier molecular flexibility index (Phi) is 3.42. The van der Waals surface area contributed by atoms with Gasteiger partial charge in [0.05, 0.1) is 6.54 Å². The Balaban J connectivity index is 2.12. The maximum absolute atomic E-state index is 12.7. The summed E-state index contributed by atoms with van der Waals surface area (Å²) in [5, 5.41) is 3.42. The van der Waals surface area contributed by atoms with E-state index in [-0.39, 0.29) is 18.1 Å². The van der Waals surface area contributed by atoms with E-state index in [4.69, 9.17) is 5.73 Å². The van der Waals surface area contributed by atoms with Gasteiger partial charge in [-0.1, -0.05) is 0 Å². The summed E-state index contributed by atoms with van der Waals surface area (Å²) >= 11 is 0. The molecule has 1 saturated carbocycles. The van der Waals surface area contributed by atoms with Gasteiger partial charge in [-0.2, -0.15) is 18.3 Å². The first kappa shape index (κ1) is 13.7. The molecular weight excluding hydrogens is 259 g/mol. The zero-order chi connectivity index (χ0) is 14.2. The lowest BCUT2D eigenvalue weighted by molar-refractivity contribution is -0.142. The topological polar surface area (TPSA) is 59.4 Å². The lowest BCUT2D eigenvalue weighted by Crippen LogP contribution is -2.35. The molecule has 5 nitrogen and oxygen atoms in total. The largest absolute Gasteiger partial charge is 0.435 e. The summed E-state index contributed by atoms with van der Waals surface area (Å²) in [6.07, 6.45) is -1.05. The number of nitrogens with two attached hydrogens (primary N) is 1. The number of hydrogen-bond donors (Lipinski definition) is 1. The quantitative estimate of drug-likeness (QED) is 0.669. The van der Waals surface area contributed by atoms with Crippen LogP contribution in [0.15, 0.2) is 11.2 Å². The zero-order valence-corrected chi connectivity index (χ0v) is 10.8. The first-order chi connectivity index (χ1) is 8.79. The second kappa shape index (κ2) is 4.75. The van der Waals surface area contributed by atoms with Crippen molar-refractivity contribution in [2.24, 2.45) is 17.8 Å². The Labute approximate surface area is 108 Å². The van der Waals surface area contributed by atoms with Crippen molar-refractivity contribution in [3.05, 3.63) is 17.5 Å². The van der Waals surface area contributed by atoms with Gasteiger partial charge in [0.25, 0.3) is 0 Å². The van der Waals surface area contributed by atoms with Crippen LogP contribution in [0.3, 0.4) is 0 Å². The van der Waals surface area contributed by atoms with Crippen LogP contribution < -0.4 is 5.73 Å². The number of hydrogen-bond acceptors (Lipinski definition) is 2. The summed E-state index contributed by atoms with van der Waals surface area (Å²) in [5.74, 6) is 0.263. The van der Waals surface area contributed by atoms with Gasteiger partial charge in [-0.05, 0) is 12.8 Å². The Bertz CT molecular complexity index is 487. The standard InChI is InChI=1S/C11H16F3N5/c1-18-6-7(9(17-18)11(12,13)14)5-16-10(15)19(2)8-3-4-8/h6,8H,3-5H2,1-2H3,(H2,15,16). The van der Waals surface area contributed by atoms with Crippen LogP contribution in [0.2, 0.25) is 0 Å². The molecule has 19 heavy (non-hydrogen) atoms. The highest BCUT2D eigenvalue weighted by Crippen LogP contribution is 2.31. The molecule has 0 radical (unpaired) electrons. The molecule has 0 spiro atoms. The summed E-state index contributed by atoms with van der Waals surface area (Å²) in [5.41, 5.74) is 4.87. The van der Waals surface area contributed by atoms with Gasteiger partial charge in [-0.3, -0.25) is 4.68 Å². The van der Waals surface area contributed by atoms with E-state index in [0.29, 0.717) is 6.04 Å². The lowest BCUT2D eigenvalue weighted by atomic mass is 10.2. The second-order valence-corrected chi connectivity index (χ2v) is 4.69. The fourth-order valence-electron chi connectivity index (χ4n) is 1.82. The molecule has 106 valence electrons. The summed E-state index contributed by atoms with van der Waals surface area (Å²) in [7, 11) is 3.24. The Morgan fingerprint density at radius 3 is 2.74 bits per heavy atom. The number of aliphatic imine (C=N–C) groups is 1. The molecule has 0 aromatic carbocycles. The fourth-order valence-corrected chi connectivity index (χ4v) is 1.82. The molecule has 8 heteroatoms. The average Bonchev–Trinajstić information content (AvgIpc) is 3.07. The Hall–Kier alpha value is -1.73. The summed E-state index contributed by atoms with van der Waals surface area (Å²) in [6, 6.07) is 0.375. The smallest absolute Gasteiger partial charge is 0.370 e. The summed E-state index contributed by atoms with van der Waals surface area (Å²) in [6.45, 7) is -0.119. The van der Waals surface area contributed by atoms with Gasteiger partial charge in [0.1, 0.15) is 0 Å². The van der Waals surface area contributed by atoms with Crippen molar-refractivity contribution in [1.29, 1.82) is 0 Å². The number of alkyl halides is 3. The highest BCUT2D eigenvalue weighted by Gasteiger charge is 2.36. The van der Waals surface area contributed by atoms with E-state index in [9.17, 15) is 13.2 Å². The van der Waals surface area contributed by atoms with E-state index < -0.39 is 11.9 Å². The predicted octanol–water partition coefficient (Wildman–Crippen LogP) is 1.35. The van der Waals surface area contributed by atoms with Crippen molar-refractivity contribution in [1.82, 2.24) is 14.7 Å². The molecule has 0 aliphatic heterocycles. The van der Waals surface area contributed by atoms with Crippen LogP contribution in [0.25, 0.3) is 0 Å². The first-order valence-electron chi connectivity index (χ1n) is 5.91. The van der Waals surface area contributed by atoms with E-state index >= 15 is 0 Å². The van der Waals surface area contributed by atoms with Crippen LogP contribution in [-0.2, 0) is 19.8 Å². The van der Waals surface area contributed by atoms with Crippen LogP contribution in [0.1, 0.15) is 24.1 Å². The van der Waals surface area contributed by atoms with E-state index in [1.165, 1.54) is 13.2 Å². The molecule has 1 aliphatic rings. The number of halogens is 3. The third kappa shape index (κ3) is 3.18. The maximum atomic E-state index is 12.7. The molecular formula is C11H16F3N5. The van der Waals surface area contributed by atoms with Gasteiger partial charge >= 0.3 is 6.18 Å². The van der Waals surface area contributed by atoms with Gasteiger partial charge in [0.15, 0.2) is 11.7 Å². The minimum atomic E-state index is -4.47. The molecule has 0 unspecified atom stereocenters. The van der Waals surface area contributed by atoms with E-state index in [1.54, 1.807) is 11.9 Å². The van der Waals surface area contributed by atoms with Crippen LogP contribution in [0, 0.1) is 0 Å². The van der Waals surface area contributed by atoms with Crippen LogP contribution in [0.4, 0.5) is 13.2 Å². The van der Waals surface area contributed by atoms with Crippen molar-refractivity contribution < 1.29 is 13.2 Å².